The minimum absolute atomic E-state index is 0.0782. The van der Waals surface area contributed by atoms with Crippen LogP contribution in [0, 0.1) is 10.1 Å². The molecule has 0 aromatic heterocycles. The lowest BCUT2D eigenvalue weighted by Crippen LogP contribution is -2.37. The second kappa shape index (κ2) is 7.30. The van der Waals surface area contributed by atoms with Gasteiger partial charge in [0.15, 0.2) is 0 Å². The zero-order valence-electron chi connectivity index (χ0n) is 13.7. The molecule has 7 heteroatoms. The molecule has 0 N–H and O–H groups in total. The third kappa shape index (κ3) is 3.55. The highest BCUT2D eigenvalue weighted by atomic mass is 16.6. The number of nitro groups is 1. The summed E-state index contributed by atoms with van der Waals surface area (Å²) in [6.45, 7) is 4.68. The number of piperidine rings is 1. The van der Waals surface area contributed by atoms with Gasteiger partial charge in [-0.05, 0) is 33.1 Å². The first-order chi connectivity index (χ1) is 11.0. The van der Waals surface area contributed by atoms with Gasteiger partial charge >= 0.3 is 5.97 Å². The lowest BCUT2D eigenvalue weighted by Gasteiger charge is -2.35. The number of esters is 1. The zero-order valence-corrected chi connectivity index (χ0v) is 13.7. The number of anilines is 1. The molecule has 7 nitrogen and oxygen atoms in total. The van der Waals surface area contributed by atoms with Gasteiger partial charge in [-0.15, -0.1) is 0 Å². The van der Waals surface area contributed by atoms with Crippen molar-refractivity contribution >= 4 is 17.3 Å². The Balaban J connectivity index is 2.53. The molecule has 1 aliphatic rings. The van der Waals surface area contributed by atoms with E-state index in [1.165, 1.54) is 13.2 Å². The Labute approximate surface area is 135 Å². The van der Waals surface area contributed by atoms with Crippen molar-refractivity contribution in [1.82, 2.24) is 0 Å². The lowest BCUT2D eigenvalue weighted by molar-refractivity contribution is -0.384. The van der Waals surface area contributed by atoms with E-state index in [4.69, 9.17) is 9.47 Å². The van der Waals surface area contributed by atoms with E-state index in [1.54, 1.807) is 13.0 Å². The highest BCUT2D eigenvalue weighted by Crippen LogP contribution is 2.38. The standard InChI is InChI=1S/C16H22N2O5/c1-4-23-16(19)12-9-14(18(20)21)13(10-15(12)22-3)17-8-6-5-7-11(17)2/h9-11H,4-8H2,1-3H3. The average molecular weight is 322 g/mol. The van der Waals surface area contributed by atoms with Gasteiger partial charge in [0.25, 0.3) is 5.69 Å². The van der Waals surface area contributed by atoms with Crippen LogP contribution in [0.5, 0.6) is 5.75 Å². The summed E-state index contributed by atoms with van der Waals surface area (Å²) >= 11 is 0. The van der Waals surface area contributed by atoms with Gasteiger partial charge in [0.05, 0.1) is 18.6 Å². The number of carbonyl (C=O) groups excluding carboxylic acids is 1. The Bertz CT molecular complexity index is 602. The van der Waals surface area contributed by atoms with E-state index in [0.717, 1.165) is 25.8 Å². The molecule has 1 aromatic carbocycles. The minimum atomic E-state index is -0.620. The molecule has 1 saturated heterocycles. The molecule has 1 atom stereocenters. The van der Waals surface area contributed by atoms with Crippen LogP contribution in [0.1, 0.15) is 43.5 Å². The van der Waals surface area contributed by atoms with Gasteiger partial charge in [-0.3, -0.25) is 10.1 Å². The molecule has 1 unspecified atom stereocenters. The maximum absolute atomic E-state index is 12.0. The van der Waals surface area contributed by atoms with Crippen molar-refractivity contribution in [2.45, 2.75) is 39.2 Å². The van der Waals surface area contributed by atoms with Gasteiger partial charge < -0.3 is 14.4 Å². The van der Waals surface area contributed by atoms with E-state index in [9.17, 15) is 14.9 Å². The van der Waals surface area contributed by atoms with Crippen LogP contribution in [0.3, 0.4) is 0 Å². The van der Waals surface area contributed by atoms with Crippen LogP contribution in [-0.2, 0) is 4.74 Å². The molecule has 0 spiro atoms. The summed E-state index contributed by atoms with van der Waals surface area (Å²) in [4.78, 5) is 25.1. The summed E-state index contributed by atoms with van der Waals surface area (Å²) in [7, 11) is 1.44. The van der Waals surface area contributed by atoms with Crippen molar-refractivity contribution in [3.8, 4) is 5.75 Å². The fraction of sp³-hybridized carbons (Fsp3) is 0.562. The van der Waals surface area contributed by atoms with Crippen molar-refractivity contribution in [3.05, 3.63) is 27.8 Å². The highest BCUT2D eigenvalue weighted by Gasteiger charge is 2.29. The number of nitrogens with zero attached hydrogens (tertiary/aromatic N) is 2. The molecule has 0 aliphatic carbocycles. The van der Waals surface area contributed by atoms with E-state index >= 15 is 0 Å². The van der Waals surface area contributed by atoms with Crippen LogP contribution in [0.2, 0.25) is 0 Å². The lowest BCUT2D eigenvalue weighted by atomic mass is 10.0. The SMILES string of the molecule is CCOC(=O)c1cc([N+](=O)[O-])c(N2CCCCC2C)cc1OC. The molecule has 0 bridgehead atoms. The number of hydrogen-bond acceptors (Lipinski definition) is 6. The van der Waals surface area contributed by atoms with Crippen LogP contribution in [-0.4, -0.2) is 37.2 Å². The molecule has 1 aliphatic heterocycles. The molecule has 0 amide bonds. The van der Waals surface area contributed by atoms with E-state index in [0.29, 0.717) is 11.4 Å². The highest BCUT2D eigenvalue weighted by molar-refractivity contribution is 5.95. The summed E-state index contributed by atoms with van der Waals surface area (Å²) in [6.07, 6.45) is 3.09. The third-order valence-corrected chi connectivity index (χ3v) is 4.10. The zero-order chi connectivity index (χ0) is 17.0. The largest absolute Gasteiger partial charge is 0.496 e. The number of carbonyl (C=O) groups is 1. The second-order valence-corrected chi connectivity index (χ2v) is 5.56. The van der Waals surface area contributed by atoms with Crippen LogP contribution in [0.15, 0.2) is 12.1 Å². The Hall–Kier alpha value is -2.31. The molecule has 23 heavy (non-hydrogen) atoms. The molecular formula is C16H22N2O5. The quantitative estimate of drug-likeness (QED) is 0.470. The predicted octanol–water partition coefficient (Wildman–Crippen LogP) is 3.16. The Morgan fingerprint density at radius 1 is 1.43 bits per heavy atom. The number of benzene rings is 1. The first-order valence-corrected chi connectivity index (χ1v) is 7.79. The molecule has 1 heterocycles. The first-order valence-electron chi connectivity index (χ1n) is 7.79. The molecule has 0 saturated carbocycles. The van der Waals surface area contributed by atoms with E-state index in [-0.39, 0.29) is 23.9 Å². The van der Waals surface area contributed by atoms with Gasteiger partial charge in [0, 0.05) is 24.7 Å². The maximum Gasteiger partial charge on any atom is 0.342 e. The molecule has 1 aromatic rings. The van der Waals surface area contributed by atoms with E-state index < -0.39 is 10.9 Å². The van der Waals surface area contributed by atoms with E-state index in [1.807, 2.05) is 4.90 Å². The molecule has 2 rings (SSSR count). The summed E-state index contributed by atoms with van der Waals surface area (Å²) in [5, 5.41) is 11.5. The van der Waals surface area contributed by atoms with Crippen molar-refractivity contribution < 1.29 is 19.2 Å². The second-order valence-electron chi connectivity index (χ2n) is 5.56. The first kappa shape index (κ1) is 17.1. The molecule has 0 radical (unpaired) electrons. The Morgan fingerprint density at radius 3 is 2.74 bits per heavy atom. The van der Waals surface area contributed by atoms with Gasteiger partial charge in [0.2, 0.25) is 0 Å². The summed E-state index contributed by atoms with van der Waals surface area (Å²) in [5.74, 6) is -0.326. The molecular weight excluding hydrogens is 300 g/mol. The molecule has 1 fully saturated rings. The average Bonchev–Trinajstić information content (AvgIpc) is 2.54. The van der Waals surface area contributed by atoms with Crippen molar-refractivity contribution in [2.75, 3.05) is 25.2 Å². The fourth-order valence-electron chi connectivity index (χ4n) is 2.93. The van der Waals surface area contributed by atoms with Gasteiger partial charge in [-0.2, -0.15) is 0 Å². The Kier molecular flexibility index (Phi) is 5.41. The van der Waals surface area contributed by atoms with Gasteiger partial charge in [-0.25, -0.2) is 4.79 Å². The van der Waals surface area contributed by atoms with Crippen molar-refractivity contribution in [2.24, 2.45) is 0 Å². The predicted molar refractivity (Wildman–Crippen MR) is 86.3 cm³/mol. The van der Waals surface area contributed by atoms with Crippen LogP contribution in [0.25, 0.3) is 0 Å². The van der Waals surface area contributed by atoms with Crippen LogP contribution < -0.4 is 9.64 Å². The van der Waals surface area contributed by atoms with Gasteiger partial charge in [-0.1, -0.05) is 0 Å². The minimum Gasteiger partial charge on any atom is -0.496 e. The van der Waals surface area contributed by atoms with Gasteiger partial charge in [0.1, 0.15) is 17.0 Å². The normalized spacial score (nSPS) is 17.7. The van der Waals surface area contributed by atoms with Crippen molar-refractivity contribution in [3.63, 3.8) is 0 Å². The topological polar surface area (TPSA) is 81.9 Å². The summed E-state index contributed by atoms with van der Waals surface area (Å²) in [5.41, 5.74) is 0.476. The third-order valence-electron chi connectivity index (χ3n) is 4.10. The summed E-state index contributed by atoms with van der Waals surface area (Å²) < 4.78 is 10.2. The number of methoxy groups -OCH3 is 1. The Morgan fingerprint density at radius 2 is 2.17 bits per heavy atom. The molecule has 126 valence electrons. The number of rotatable bonds is 5. The van der Waals surface area contributed by atoms with Crippen LogP contribution in [0.4, 0.5) is 11.4 Å². The smallest absolute Gasteiger partial charge is 0.342 e. The monoisotopic (exact) mass is 322 g/mol. The number of nitro benzene ring substituents is 1. The van der Waals surface area contributed by atoms with Crippen LogP contribution >= 0.6 is 0 Å². The van der Waals surface area contributed by atoms with Crippen molar-refractivity contribution in [1.29, 1.82) is 0 Å². The number of hydrogen-bond donors (Lipinski definition) is 0. The fourth-order valence-corrected chi connectivity index (χ4v) is 2.93. The maximum atomic E-state index is 12.0. The summed E-state index contributed by atoms with van der Waals surface area (Å²) in [6, 6.07) is 3.04. The van der Waals surface area contributed by atoms with E-state index in [2.05, 4.69) is 6.92 Å². The number of ether oxygens (including phenoxy) is 2.